The summed E-state index contributed by atoms with van der Waals surface area (Å²) in [5, 5.41) is 17.8. The van der Waals surface area contributed by atoms with Crippen molar-refractivity contribution in [3.63, 3.8) is 0 Å². The van der Waals surface area contributed by atoms with Gasteiger partial charge in [0.1, 0.15) is 0 Å². The molecule has 8 nitrogen and oxygen atoms in total. The van der Waals surface area contributed by atoms with E-state index in [9.17, 15) is 9.59 Å². The number of hydrogen-bond donors (Lipinski definition) is 2. The number of nitriles is 1. The van der Waals surface area contributed by atoms with Crippen molar-refractivity contribution in [2.75, 3.05) is 25.4 Å². The number of benzene rings is 2. The summed E-state index contributed by atoms with van der Waals surface area (Å²) in [7, 11) is 0. The Hall–Kier alpha value is -4.38. The highest BCUT2D eigenvalue weighted by atomic mass is 16.2. The van der Waals surface area contributed by atoms with Crippen LogP contribution in [-0.4, -0.2) is 51.4 Å². The molecule has 3 N–H and O–H groups in total. The van der Waals surface area contributed by atoms with E-state index in [0.29, 0.717) is 36.5 Å². The number of nitrogens with zero attached hydrogens (tertiary/aromatic N) is 4. The lowest BCUT2D eigenvalue weighted by Gasteiger charge is -2.24. The average molecular weight is 453 g/mol. The summed E-state index contributed by atoms with van der Waals surface area (Å²) < 4.78 is 0. The van der Waals surface area contributed by atoms with Crippen LogP contribution in [0.5, 0.6) is 0 Å². The summed E-state index contributed by atoms with van der Waals surface area (Å²) >= 11 is 0. The maximum absolute atomic E-state index is 13.0. The van der Waals surface area contributed by atoms with E-state index in [2.05, 4.69) is 28.9 Å². The fraction of sp³-hybridized carbons (Fsp3) is 0.231. The van der Waals surface area contributed by atoms with Gasteiger partial charge >= 0.3 is 0 Å². The van der Waals surface area contributed by atoms with E-state index in [4.69, 9.17) is 11.0 Å². The van der Waals surface area contributed by atoms with Crippen molar-refractivity contribution >= 4 is 34.0 Å². The minimum absolute atomic E-state index is 0.0728. The monoisotopic (exact) mass is 452 g/mol. The Kier molecular flexibility index (Phi) is 5.17. The van der Waals surface area contributed by atoms with Gasteiger partial charge in [-0.3, -0.25) is 14.7 Å². The van der Waals surface area contributed by atoms with Gasteiger partial charge in [-0.25, -0.2) is 0 Å². The number of fused-ring (bicyclic) bond motifs is 2. The molecule has 1 aromatic heterocycles. The molecule has 0 atom stereocenters. The number of nitrogens with one attached hydrogen (secondary N) is 1. The number of nitrogens with two attached hydrogens (primary N) is 1. The number of amides is 2. The van der Waals surface area contributed by atoms with Crippen LogP contribution in [0.2, 0.25) is 0 Å². The van der Waals surface area contributed by atoms with Gasteiger partial charge in [0.25, 0.3) is 5.91 Å². The summed E-state index contributed by atoms with van der Waals surface area (Å²) in [5.41, 5.74) is 13.1. The minimum Gasteiger partial charge on any atom is -0.398 e. The maximum atomic E-state index is 13.0. The first-order chi connectivity index (χ1) is 16.4. The van der Waals surface area contributed by atoms with Gasteiger partial charge in [-0.15, -0.1) is 0 Å². The van der Waals surface area contributed by atoms with Crippen LogP contribution >= 0.6 is 0 Å². The SMILES string of the molecule is C=C(C#N)CN1Cc2c(-c3ccc4[nH]nc(C5=CCN(C(C)=O)CC5)c4c3)ccc(N)c2C1=O. The third-order valence-electron chi connectivity index (χ3n) is 6.57. The van der Waals surface area contributed by atoms with Gasteiger partial charge in [0.15, 0.2) is 0 Å². The summed E-state index contributed by atoms with van der Waals surface area (Å²) in [6, 6.07) is 11.8. The van der Waals surface area contributed by atoms with Crippen molar-refractivity contribution in [3.05, 3.63) is 65.4 Å². The van der Waals surface area contributed by atoms with Crippen LogP contribution in [-0.2, 0) is 11.3 Å². The Morgan fingerprint density at radius 1 is 1.32 bits per heavy atom. The minimum atomic E-state index is -0.182. The quantitative estimate of drug-likeness (QED) is 0.464. The Labute approximate surface area is 196 Å². The van der Waals surface area contributed by atoms with Gasteiger partial charge in [0.05, 0.1) is 29.4 Å². The molecule has 0 aliphatic carbocycles. The number of nitrogen functional groups attached to an aromatic ring is 1. The number of aromatic amines is 1. The average Bonchev–Trinajstić information content (AvgIpc) is 3.40. The van der Waals surface area contributed by atoms with Gasteiger partial charge in [-0.05, 0) is 46.9 Å². The number of anilines is 1. The number of aromatic nitrogens is 2. The topological polar surface area (TPSA) is 119 Å². The largest absolute Gasteiger partial charge is 0.398 e. The zero-order chi connectivity index (χ0) is 24.0. The van der Waals surface area contributed by atoms with Gasteiger partial charge in [0, 0.05) is 43.2 Å². The second kappa shape index (κ2) is 8.19. The molecule has 0 unspecified atom stereocenters. The molecule has 0 saturated heterocycles. The van der Waals surface area contributed by atoms with Crippen molar-refractivity contribution in [3.8, 4) is 17.2 Å². The molecule has 3 heterocycles. The molecule has 2 aliphatic rings. The lowest BCUT2D eigenvalue weighted by Crippen LogP contribution is -2.32. The lowest BCUT2D eigenvalue weighted by molar-refractivity contribution is -0.128. The third-order valence-corrected chi connectivity index (χ3v) is 6.57. The van der Waals surface area contributed by atoms with Crippen LogP contribution in [0.25, 0.3) is 27.6 Å². The van der Waals surface area contributed by atoms with E-state index in [0.717, 1.165) is 45.3 Å². The van der Waals surface area contributed by atoms with Crippen LogP contribution in [0.15, 0.2) is 48.6 Å². The normalized spacial score (nSPS) is 15.3. The van der Waals surface area contributed by atoms with Crippen LogP contribution < -0.4 is 5.73 Å². The first-order valence-electron chi connectivity index (χ1n) is 11.1. The van der Waals surface area contributed by atoms with Crippen LogP contribution in [0.1, 0.15) is 35.0 Å². The van der Waals surface area contributed by atoms with E-state index < -0.39 is 0 Å². The Balaban J connectivity index is 1.54. The molecular weight excluding hydrogens is 428 g/mol. The molecule has 170 valence electrons. The molecule has 0 spiro atoms. The van der Waals surface area contributed by atoms with Crippen molar-refractivity contribution < 1.29 is 9.59 Å². The Bertz CT molecular complexity index is 1440. The second-order valence-electron chi connectivity index (χ2n) is 8.71. The van der Waals surface area contributed by atoms with Gasteiger partial charge in [0.2, 0.25) is 5.91 Å². The van der Waals surface area contributed by atoms with Crippen molar-refractivity contribution in [1.29, 1.82) is 5.26 Å². The number of H-pyrrole nitrogens is 1. The third kappa shape index (κ3) is 3.52. The van der Waals surface area contributed by atoms with E-state index >= 15 is 0 Å². The predicted molar refractivity (Wildman–Crippen MR) is 130 cm³/mol. The summed E-state index contributed by atoms with van der Waals surface area (Å²) in [6.07, 6.45) is 2.81. The molecule has 3 aromatic rings. The molecule has 2 amide bonds. The molecule has 0 radical (unpaired) electrons. The zero-order valence-electron chi connectivity index (χ0n) is 18.9. The number of carbonyl (C=O) groups is 2. The molecule has 0 fully saturated rings. The molecule has 2 aliphatic heterocycles. The molecule has 0 bridgehead atoms. The molecule has 2 aromatic carbocycles. The molecule has 8 heteroatoms. The van der Waals surface area contributed by atoms with E-state index in [-0.39, 0.29) is 18.4 Å². The number of rotatable bonds is 4. The van der Waals surface area contributed by atoms with Crippen molar-refractivity contribution in [1.82, 2.24) is 20.0 Å². The summed E-state index contributed by atoms with van der Waals surface area (Å²) in [5.74, 6) is -0.109. The van der Waals surface area contributed by atoms with Crippen LogP contribution in [0, 0.1) is 11.3 Å². The van der Waals surface area contributed by atoms with Crippen molar-refractivity contribution in [2.45, 2.75) is 19.9 Å². The van der Waals surface area contributed by atoms with E-state index in [1.807, 2.05) is 29.2 Å². The summed E-state index contributed by atoms with van der Waals surface area (Å²) in [4.78, 5) is 28.1. The highest BCUT2D eigenvalue weighted by Crippen LogP contribution is 2.38. The maximum Gasteiger partial charge on any atom is 0.256 e. The van der Waals surface area contributed by atoms with E-state index in [1.54, 1.807) is 17.9 Å². The molecule has 5 rings (SSSR count). The smallest absolute Gasteiger partial charge is 0.256 e. The standard InChI is InChI=1S/C26H24N6O2/c1-15(12-27)13-32-14-21-19(4-5-22(28)24(21)26(32)34)18-3-6-23-20(11-18)25(30-29-23)17-7-9-31(10-8-17)16(2)33/h3-7,11H,1,8-10,13-14,28H2,2H3,(H,29,30). The Morgan fingerprint density at radius 2 is 2.15 bits per heavy atom. The molecule has 0 saturated carbocycles. The predicted octanol–water partition coefficient (Wildman–Crippen LogP) is 3.48. The number of carbonyl (C=O) groups excluding carboxylic acids is 2. The summed E-state index contributed by atoms with van der Waals surface area (Å²) in [6.45, 7) is 7.10. The molecular formula is C26H24N6O2. The van der Waals surface area contributed by atoms with Gasteiger partial charge < -0.3 is 15.5 Å². The highest BCUT2D eigenvalue weighted by Gasteiger charge is 2.32. The van der Waals surface area contributed by atoms with Crippen LogP contribution in [0.4, 0.5) is 5.69 Å². The fourth-order valence-electron chi connectivity index (χ4n) is 4.76. The fourth-order valence-corrected chi connectivity index (χ4v) is 4.76. The van der Waals surface area contributed by atoms with Crippen LogP contribution in [0.3, 0.4) is 0 Å². The molecule has 34 heavy (non-hydrogen) atoms. The van der Waals surface area contributed by atoms with Gasteiger partial charge in [-0.1, -0.05) is 24.8 Å². The Morgan fingerprint density at radius 3 is 2.85 bits per heavy atom. The zero-order valence-corrected chi connectivity index (χ0v) is 18.9. The first kappa shape index (κ1) is 21.5. The number of hydrogen-bond acceptors (Lipinski definition) is 5. The lowest BCUT2D eigenvalue weighted by atomic mass is 9.94. The first-order valence-corrected chi connectivity index (χ1v) is 11.1. The van der Waals surface area contributed by atoms with E-state index in [1.165, 1.54) is 0 Å². The highest BCUT2D eigenvalue weighted by molar-refractivity contribution is 6.05. The van der Waals surface area contributed by atoms with Gasteiger partial charge in [-0.2, -0.15) is 10.4 Å². The van der Waals surface area contributed by atoms with Crippen molar-refractivity contribution in [2.24, 2.45) is 0 Å². The second-order valence-corrected chi connectivity index (χ2v) is 8.71.